The quantitative estimate of drug-likeness (QED) is 0.877. The lowest BCUT2D eigenvalue weighted by atomic mass is 9.90. The monoisotopic (exact) mass is 359 g/mol. The number of carbonyl (C=O) groups excluding carboxylic acids is 2. The van der Waals surface area contributed by atoms with Crippen molar-refractivity contribution in [3.05, 3.63) is 23.8 Å². The summed E-state index contributed by atoms with van der Waals surface area (Å²) in [5, 5.41) is 0. The van der Waals surface area contributed by atoms with Gasteiger partial charge in [-0.2, -0.15) is 0 Å². The van der Waals surface area contributed by atoms with E-state index in [1.807, 2.05) is 4.90 Å². The number of rotatable bonds is 3. The molecule has 3 aliphatic heterocycles. The maximum absolute atomic E-state index is 13.0. The van der Waals surface area contributed by atoms with E-state index in [0.29, 0.717) is 43.1 Å². The summed E-state index contributed by atoms with van der Waals surface area (Å²) in [5.74, 6) is 1.15. The Kier molecular flexibility index (Phi) is 4.26. The van der Waals surface area contributed by atoms with Crippen LogP contribution in [0.2, 0.25) is 0 Å². The topological polar surface area (TPSA) is 85.1 Å². The minimum atomic E-state index is -0.381. The molecule has 3 heterocycles. The van der Waals surface area contributed by atoms with E-state index in [1.54, 1.807) is 23.1 Å². The van der Waals surface area contributed by atoms with Crippen molar-refractivity contribution in [1.82, 2.24) is 9.80 Å². The van der Waals surface area contributed by atoms with Crippen LogP contribution in [-0.4, -0.2) is 60.6 Å². The fourth-order valence-corrected chi connectivity index (χ4v) is 4.05. The maximum Gasteiger partial charge on any atom is 0.254 e. The van der Waals surface area contributed by atoms with Crippen molar-refractivity contribution in [2.45, 2.75) is 32.2 Å². The standard InChI is InChI=1S/C19H25N3O4/c1-19(10-20)6-8-21(11-19)18(24)14-3-2-7-22(14)17(23)13-4-5-15-16(9-13)26-12-25-15/h4-5,9,14H,2-3,6-8,10-12,20H2,1H3. The van der Waals surface area contributed by atoms with Gasteiger partial charge in [0.1, 0.15) is 6.04 Å². The van der Waals surface area contributed by atoms with Gasteiger partial charge < -0.3 is 25.0 Å². The molecule has 2 fully saturated rings. The van der Waals surface area contributed by atoms with Crippen molar-refractivity contribution in [2.75, 3.05) is 33.0 Å². The molecule has 1 aromatic carbocycles. The Labute approximate surface area is 153 Å². The molecule has 7 heteroatoms. The Morgan fingerprint density at radius 3 is 2.85 bits per heavy atom. The molecule has 0 saturated carbocycles. The van der Waals surface area contributed by atoms with Crippen LogP contribution in [0, 0.1) is 5.41 Å². The number of ether oxygens (including phenoxy) is 2. The van der Waals surface area contributed by atoms with E-state index < -0.39 is 0 Å². The second-order valence-electron chi connectivity index (χ2n) is 7.75. The Bertz CT molecular complexity index is 737. The van der Waals surface area contributed by atoms with Gasteiger partial charge in [-0.05, 0) is 49.4 Å². The lowest BCUT2D eigenvalue weighted by molar-refractivity contribution is -0.134. The Hall–Kier alpha value is -2.28. The normalized spacial score (nSPS) is 27.2. The fourth-order valence-electron chi connectivity index (χ4n) is 4.05. The summed E-state index contributed by atoms with van der Waals surface area (Å²) in [6, 6.07) is 4.80. The van der Waals surface area contributed by atoms with Crippen LogP contribution < -0.4 is 15.2 Å². The van der Waals surface area contributed by atoms with Crippen molar-refractivity contribution in [1.29, 1.82) is 0 Å². The van der Waals surface area contributed by atoms with Crippen LogP contribution in [-0.2, 0) is 4.79 Å². The van der Waals surface area contributed by atoms with Gasteiger partial charge in [0.05, 0.1) is 0 Å². The van der Waals surface area contributed by atoms with Gasteiger partial charge >= 0.3 is 0 Å². The first-order valence-electron chi connectivity index (χ1n) is 9.20. The molecule has 3 aliphatic rings. The minimum Gasteiger partial charge on any atom is -0.454 e. The van der Waals surface area contributed by atoms with Crippen LogP contribution in [0.1, 0.15) is 36.5 Å². The third kappa shape index (κ3) is 2.90. The molecular formula is C19H25N3O4. The molecule has 2 saturated heterocycles. The molecule has 0 radical (unpaired) electrons. The molecule has 0 aliphatic carbocycles. The number of carbonyl (C=O) groups is 2. The van der Waals surface area contributed by atoms with Gasteiger partial charge in [0.25, 0.3) is 5.91 Å². The number of nitrogens with zero attached hydrogens (tertiary/aromatic N) is 2. The minimum absolute atomic E-state index is 0.0135. The predicted octanol–water partition coefficient (Wildman–Crippen LogP) is 1.22. The van der Waals surface area contributed by atoms with E-state index in [1.165, 1.54) is 0 Å². The van der Waals surface area contributed by atoms with E-state index in [9.17, 15) is 9.59 Å². The average molecular weight is 359 g/mol. The van der Waals surface area contributed by atoms with Crippen LogP contribution in [0.25, 0.3) is 0 Å². The molecule has 2 unspecified atom stereocenters. The molecule has 4 rings (SSSR count). The first-order valence-corrected chi connectivity index (χ1v) is 9.20. The fraction of sp³-hybridized carbons (Fsp3) is 0.579. The van der Waals surface area contributed by atoms with Crippen LogP contribution in [0.5, 0.6) is 11.5 Å². The van der Waals surface area contributed by atoms with Crippen molar-refractivity contribution < 1.29 is 19.1 Å². The summed E-state index contributed by atoms with van der Waals surface area (Å²) in [4.78, 5) is 29.6. The van der Waals surface area contributed by atoms with Gasteiger partial charge in [-0.1, -0.05) is 6.92 Å². The summed E-state index contributed by atoms with van der Waals surface area (Å²) >= 11 is 0. The average Bonchev–Trinajstić information content (AvgIpc) is 3.39. The summed E-state index contributed by atoms with van der Waals surface area (Å²) in [6.07, 6.45) is 2.47. The number of hydrogen-bond acceptors (Lipinski definition) is 5. The zero-order chi connectivity index (χ0) is 18.3. The second-order valence-corrected chi connectivity index (χ2v) is 7.75. The van der Waals surface area contributed by atoms with E-state index in [0.717, 1.165) is 19.4 Å². The number of amides is 2. The van der Waals surface area contributed by atoms with Crippen molar-refractivity contribution in [3.63, 3.8) is 0 Å². The van der Waals surface area contributed by atoms with Gasteiger partial charge in [0, 0.05) is 25.2 Å². The highest BCUT2D eigenvalue weighted by atomic mass is 16.7. The first-order chi connectivity index (χ1) is 12.5. The number of fused-ring (bicyclic) bond motifs is 1. The summed E-state index contributed by atoms with van der Waals surface area (Å²) in [5.41, 5.74) is 6.37. The zero-order valence-electron chi connectivity index (χ0n) is 15.1. The lowest BCUT2D eigenvalue weighted by Crippen LogP contribution is -2.47. The molecule has 0 bridgehead atoms. The van der Waals surface area contributed by atoms with Crippen LogP contribution in [0.15, 0.2) is 18.2 Å². The molecule has 2 N–H and O–H groups in total. The van der Waals surface area contributed by atoms with Gasteiger partial charge in [-0.3, -0.25) is 9.59 Å². The molecule has 1 aromatic rings. The Morgan fingerprint density at radius 2 is 2.08 bits per heavy atom. The third-order valence-corrected chi connectivity index (χ3v) is 5.78. The van der Waals surface area contributed by atoms with Gasteiger partial charge in [0.2, 0.25) is 12.7 Å². The second kappa shape index (κ2) is 6.46. The SMILES string of the molecule is CC1(CN)CCN(C(=O)C2CCCN2C(=O)c2ccc3c(c2)OCO3)C1. The summed E-state index contributed by atoms with van der Waals surface area (Å²) in [6.45, 7) is 4.85. The van der Waals surface area contributed by atoms with Gasteiger partial charge in [0.15, 0.2) is 11.5 Å². The summed E-state index contributed by atoms with van der Waals surface area (Å²) in [7, 11) is 0. The number of benzene rings is 1. The first kappa shape index (κ1) is 17.1. The van der Waals surface area contributed by atoms with Crippen LogP contribution in [0.4, 0.5) is 0 Å². The van der Waals surface area contributed by atoms with Crippen molar-refractivity contribution >= 4 is 11.8 Å². The number of likely N-dealkylation sites (tertiary alicyclic amines) is 2. The molecule has 7 nitrogen and oxygen atoms in total. The zero-order valence-corrected chi connectivity index (χ0v) is 15.1. The molecule has 2 atom stereocenters. The highest BCUT2D eigenvalue weighted by molar-refractivity contribution is 5.98. The smallest absolute Gasteiger partial charge is 0.254 e. The molecular weight excluding hydrogens is 334 g/mol. The molecule has 26 heavy (non-hydrogen) atoms. The Balaban J connectivity index is 1.49. The van der Waals surface area contributed by atoms with E-state index in [2.05, 4.69) is 6.92 Å². The van der Waals surface area contributed by atoms with Gasteiger partial charge in [-0.25, -0.2) is 0 Å². The maximum atomic E-state index is 13.0. The molecule has 2 amide bonds. The largest absolute Gasteiger partial charge is 0.454 e. The molecule has 0 aromatic heterocycles. The summed E-state index contributed by atoms with van der Waals surface area (Å²) < 4.78 is 10.7. The molecule has 140 valence electrons. The predicted molar refractivity (Wildman–Crippen MR) is 95.0 cm³/mol. The van der Waals surface area contributed by atoms with Crippen LogP contribution >= 0.6 is 0 Å². The third-order valence-electron chi connectivity index (χ3n) is 5.78. The highest BCUT2D eigenvalue weighted by Gasteiger charge is 2.41. The van der Waals surface area contributed by atoms with E-state index in [-0.39, 0.29) is 30.1 Å². The van der Waals surface area contributed by atoms with E-state index in [4.69, 9.17) is 15.2 Å². The number of hydrogen-bond donors (Lipinski definition) is 1. The van der Waals surface area contributed by atoms with Crippen molar-refractivity contribution in [2.24, 2.45) is 11.1 Å². The lowest BCUT2D eigenvalue weighted by Gasteiger charge is -2.29. The van der Waals surface area contributed by atoms with E-state index >= 15 is 0 Å². The van der Waals surface area contributed by atoms with Crippen molar-refractivity contribution in [3.8, 4) is 11.5 Å². The highest BCUT2D eigenvalue weighted by Crippen LogP contribution is 2.34. The Morgan fingerprint density at radius 1 is 1.27 bits per heavy atom. The number of nitrogens with two attached hydrogens (primary N) is 1. The van der Waals surface area contributed by atoms with Gasteiger partial charge in [-0.15, -0.1) is 0 Å². The molecule has 0 spiro atoms. The van der Waals surface area contributed by atoms with Crippen LogP contribution in [0.3, 0.4) is 0 Å².